The Kier molecular flexibility index (Phi) is 4.73. The molecule has 4 heteroatoms. The Morgan fingerprint density at radius 3 is 1.91 bits per heavy atom. The van der Waals surface area contributed by atoms with E-state index in [1.54, 1.807) is 0 Å². The molecule has 0 aromatic heterocycles. The summed E-state index contributed by atoms with van der Waals surface area (Å²) in [6.07, 6.45) is 0. The van der Waals surface area contributed by atoms with Crippen LogP contribution in [-0.2, 0) is 10.1 Å². The van der Waals surface area contributed by atoms with Crippen LogP contribution in [0.4, 0.5) is 0 Å². The fourth-order valence-corrected chi connectivity index (χ4v) is 3.68. The van der Waals surface area contributed by atoms with Crippen LogP contribution in [0.2, 0.25) is 0 Å². The van der Waals surface area contributed by atoms with Crippen LogP contribution < -0.4 is 0 Å². The van der Waals surface area contributed by atoms with Gasteiger partial charge >= 0.3 is 0 Å². The number of rotatable bonds is 4. The van der Waals surface area contributed by atoms with E-state index in [1.165, 1.54) is 6.07 Å². The quantitative estimate of drug-likeness (QED) is 0.820. The van der Waals surface area contributed by atoms with Gasteiger partial charge in [0.2, 0.25) is 0 Å². The molecule has 0 saturated heterocycles. The van der Waals surface area contributed by atoms with Gasteiger partial charge in [-0.3, -0.25) is 4.55 Å². The molecule has 0 heterocycles. The molecule has 3 nitrogen and oxygen atoms in total. The molecular formula is C18H22O3S. The summed E-state index contributed by atoms with van der Waals surface area (Å²) in [5, 5.41) is 0. The highest BCUT2D eigenvalue weighted by molar-refractivity contribution is 7.85. The maximum Gasteiger partial charge on any atom is 0.294 e. The Morgan fingerprint density at radius 2 is 1.45 bits per heavy atom. The van der Waals surface area contributed by atoms with Crippen molar-refractivity contribution in [1.82, 2.24) is 0 Å². The molecule has 1 N–H and O–H groups in total. The molecule has 2 aromatic rings. The summed E-state index contributed by atoms with van der Waals surface area (Å²) in [6.45, 7) is 8.05. The zero-order valence-corrected chi connectivity index (χ0v) is 14.2. The zero-order valence-electron chi connectivity index (χ0n) is 13.4. The fraction of sp³-hybridized carbons (Fsp3) is 0.333. The zero-order chi connectivity index (χ0) is 16.5. The summed E-state index contributed by atoms with van der Waals surface area (Å²) in [7, 11) is -4.25. The van der Waals surface area contributed by atoms with E-state index in [-0.39, 0.29) is 16.7 Å². The largest absolute Gasteiger partial charge is 0.294 e. The first kappa shape index (κ1) is 16.7. The standard InChI is InChI=1S/C18H22O3S/c1-12(2)15-10-11-16(22(19,20)21)17(13(3)4)18(15)14-8-6-5-7-9-14/h5-13H,1-4H3,(H,19,20,21). The van der Waals surface area contributed by atoms with E-state index in [0.29, 0.717) is 5.56 Å². The molecule has 0 atom stereocenters. The highest BCUT2D eigenvalue weighted by Crippen LogP contribution is 2.39. The summed E-state index contributed by atoms with van der Waals surface area (Å²) in [6, 6.07) is 13.1. The average molecular weight is 318 g/mol. The molecule has 0 aliphatic rings. The topological polar surface area (TPSA) is 54.4 Å². The molecule has 2 aromatic carbocycles. The first-order valence-electron chi connectivity index (χ1n) is 7.43. The van der Waals surface area contributed by atoms with Gasteiger partial charge in [0.15, 0.2) is 0 Å². The van der Waals surface area contributed by atoms with Crippen molar-refractivity contribution in [1.29, 1.82) is 0 Å². The Morgan fingerprint density at radius 1 is 0.864 bits per heavy atom. The van der Waals surface area contributed by atoms with Crippen molar-refractivity contribution in [2.24, 2.45) is 0 Å². The van der Waals surface area contributed by atoms with Crippen LogP contribution in [0.25, 0.3) is 11.1 Å². The summed E-state index contributed by atoms with van der Waals surface area (Å²) >= 11 is 0. The van der Waals surface area contributed by atoms with Crippen molar-refractivity contribution in [3.63, 3.8) is 0 Å². The van der Waals surface area contributed by atoms with Gasteiger partial charge in [-0.05, 0) is 40.2 Å². The number of hydrogen-bond acceptors (Lipinski definition) is 2. The second-order valence-corrected chi connectivity index (χ2v) is 7.48. The molecule has 0 saturated carbocycles. The van der Waals surface area contributed by atoms with Crippen molar-refractivity contribution in [2.75, 3.05) is 0 Å². The van der Waals surface area contributed by atoms with Gasteiger partial charge in [-0.25, -0.2) is 0 Å². The van der Waals surface area contributed by atoms with Crippen LogP contribution in [0.1, 0.15) is 50.7 Å². The van der Waals surface area contributed by atoms with E-state index < -0.39 is 10.1 Å². The summed E-state index contributed by atoms with van der Waals surface area (Å²) < 4.78 is 33.1. The molecule has 118 valence electrons. The van der Waals surface area contributed by atoms with Crippen molar-refractivity contribution in [3.8, 4) is 11.1 Å². The fourth-order valence-electron chi connectivity index (χ4n) is 2.82. The number of benzene rings is 2. The molecule has 0 radical (unpaired) electrons. The Bertz CT molecular complexity index is 760. The third-order valence-electron chi connectivity index (χ3n) is 3.78. The number of hydrogen-bond donors (Lipinski definition) is 1. The Balaban J connectivity index is 2.93. The van der Waals surface area contributed by atoms with E-state index in [4.69, 9.17) is 0 Å². The van der Waals surface area contributed by atoms with Crippen molar-refractivity contribution in [3.05, 3.63) is 53.6 Å². The molecule has 0 aliphatic carbocycles. The summed E-state index contributed by atoms with van der Waals surface area (Å²) in [5.74, 6) is 0.231. The van der Waals surface area contributed by atoms with Crippen LogP contribution in [0.15, 0.2) is 47.4 Å². The highest BCUT2D eigenvalue weighted by Gasteiger charge is 2.24. The van der Waals surface area contributed by atoms with Crippen molar-refractivity contribution >= 4 is 10.1 Å². The normalized spacial score (nSPS) is 12.1. The lowest BCUT2D eigenvalue weighted by Gasteiger charge is -2.22. The lowest BCUT2D eigenvalue weighted by Crippen LogP contribution is -2.09. The monoisotopic (exact) mass is 318 g/mol. The van der Waals surface area contributed by atoms with Crippen LogP contribution in [0.3, 0.4) is 0 Å². The minimum absolute atomic E-state index is 0.00533. The first-order chi connectivity index (χ1) is 10.2. The van der Waals surface area contributed by atoms with E-state index in [2.05, 4.69) is 13.8 Å². The third-order valence-corrected chi connectivity index (χ3v) is 4.69. The molecule has 0 bridgehead atoms. The molecule has 0 fully saturated rings. The SMILES string of the molecule is CC(C)c1ccc(S(=O)(=O)O)c(C(C)C)c1-c1ccccc1. The van der Waals surface area contributed by atoms with Gasteiger partial charge in [0.1, 0.15) is 0 Å². The molecule has 2 rings (SSSR count). The highest BCUT2D eigenvalue weighted by atomic mass is 32.2. The van der Waals surface area contributed by atoms with Crippen molar-refractivity contribution < 1.29 is 13.0 Å². The van der Waals surface area contributed by atoms with E-state index in [9.17, 15) is 13.0 Å². The minimum Gasteiger partial charge on any atom is -0.282 e. The molecule has 0 amide bonds. The Labute approximate surface area is 132 Å². The van der Waals surface area contributed by atoms with Gasteiger partial charge in [0.05, 0.1) is 4.90 Å². The molecule has 0 aliphatic heterocycles. The predicted molar refractivity (Wildman–Crippen MR) is 89.9 cm³/mol. The average Bonchev–Trinajstić information content (AvgIpc) is 2.45. The van der Waals surface area contributed by atoms with Gasteiger partial charge < -0.3 is 0 Å². The third kappa shape index (κ3) is 3.23. The van der Waals surface area contributed by atoms with Crippen LogP contribution in [0.5, 0.6) is 0 Å². The second kappa shape index (κ2) is 6.23. The summed E-state index contributed by atoms with van der Waals surface area (Å²) in [4.78, 5) is 0.00533. The maximum atomic E-state index is 11.8. The van der Waals surface area contributed by atoms with Gasteiger partial charge in [-0.1, -0.05) is 64.1 Å². The lowest BCUT2D eigenvalue weighted by molar-refractivity contribution is 0.481. The molecular weight excluding hydrogens is 296 g/mol. The second-order valence-electron chi connectivity index (χ2n) is 6.09. The Hall–Kier alpha value is -1.65. The van der Waals surface area contributed by atoms with Gasteiger partial charge in [-0.2, -0.15) is 8.42 Å². The van der Waals surface area contributed by atoms with Crippen molar-refractivity contribution in [2.45, 2.75) is 44.4 Å². The molecule has 22 heavy (non-hydrogen) atoms. The lowest BCUT2D eigenvalue weighted by atomic mass is 9.85. The van der Waals surface area contributed by atoms with Gasteiger partial charge in [-0.15, -0.1) is 0 Å². The smallest absolute Gasteiger partial charge is 0.282 e. The predicted octanol–water partition coefficient (Wildman–Crippen LogP) is 4.85. The van der Waals surface area contributed by atoms with E-state index >= 15 is 0 Å². The first-order valence-corrected chi connectivity index (χ1v) is 8.87. The minimum atomic E-state index is -4.25. The maximum absolute atomic E-state index is 11.8. The van der Waals surface area contributed by atoms with Crippen LogP contribution >= 0.6 is 0 Å². The van der Waals surface area contributed by atoms with E-state index in [1.807, 2.05) is 50.2 Å². The molecule has 0 spiro atoms. The summed E-state index contributed by atoms with van der Waals surface area (Å²) in [5.41, 5.74) is 3.66. The molecule has 0 unspecified atom stereocenters. The van der Waals surface area contributed by atoms with Gasteiger partial charge in [0, 0.05) is 0 Å². The van der Waals surface area contributed by atoms with Gasteiger partial charge in [0.25, 0.3) is 10.1 Å². The van der Waals surface area contributed by atoms with E-state index in [0.717, 1.165) is 16.7 Å². The van der Waals surface area contributed by atoms with Crippen LogP contribution in [0, 0.1) is 0 Å². The van der Waals surface area contributed by atoms with Crippen LogP contribution in [-0.4, -0.2) is 13.0 Å².